The predicted octanol–water partition coefficient (Wildman–Crippen LogP) is 1.72. The van der Waals surface area contributed by atoms with E-state index in [0.29, 0.717) is 0 Å². The van der Waals surface area contributed by atoms with E-state index in [1.54, 1.807) is 0 Å². The van der Waals surface area contributed by atoms with Crippen molar-refractivity contribution >= 4 is 40.6 Å². The van der Waals surface area contributed by atoms with E-state index in [1.165, 1.54) is 41.9 Å². The van der Waals surface area contributed by atoms with Crippen LogP contribution in [0.3, 0.4) is 0 Å². The van der Waals surface area contributed by atoms with Gasteiger partial charge in [-0.05, 0) is 22.4 Å². The maximum Gasteiger partial charge on any atom is 0.303 e. The normalized spacial score (nSPS) is 29.1. The largest absolute Gasteiger partial charge is 0.463 e. The molecule has 2 aromatic carbocycles. The van der Waals surface area contributed by atoms with Crippen LogP contribution in [0.2, 0.25) is 0 Å². The first-order valence-electron chi connectivity index (χ1n) is 16.3. The van der Waals surface area contributed by atoms with Crippen molar-refractivity contribution in [1.82, 2.24) is 5.32 Å². The zero-order chi connectivity index (χ0) is 37.2. The number of carbonyl (C=O) groups is 5. The van der Waals surface area contributed by atoms with Crippen molar-refractivity contribution in [2.75, 3.05) is 27.4 Å². The standard InChI is InChI=1S/C35H45NO15/c1-18(37)36-28-31(43-7)29(46-20(3)39)26(16-42-6)49-34(28)51-32-30(47-21(4)40)27(17-44-19(2)38)50-35(33(32)48-22(5)41)45-15-23-12-13-24-10-8-9-11-25(24)14-23/h8-14,26-35H,15-17H2,1-7H3,(H,36,37)/t26-,27-,28-,29-,30-,31-,32+,33-,34+,35-/m1/s1. The van der Waals surface area contributed by atoms with E-state index in [2.05, 4.69) is 5.32 Å². The molecule has 1 amide bonds. The van der Waals surface area contributed by atoms with E-state index in [9.17, 15) is 24.0 Å². The molecule has 0 unspecified atom stereocenters. The quantitative estimate of drug-likeness (QED) is 0.219. The Morgan fingerprint density at radius 3 is 1.84 bits per heavy atom. The smallest absolute Gasteiger partial charge is 0.303 e. The molecule has 1 N–H and O–H groups in total. The Labute approximate surface area is 295 Å². The minimum absolute atomic E-state index is 0.0152. The fraction of sp³-hybridized carbons (Fsp3) is 0.571. The molecule has 2 aliphatic rings. The van der Waals surface area contributed by atoms with Crippen LogP contribution in [-0.4, -0.2) is 119 Å². The maximum absolute atomic E-state index is 12.6. The summed E-state index contributed by atoms with van der Waals surface area (Å²) in [6, 6.07) is 12.4. The van der Waals surface area contributed by atoms with Crippen LogP contribution in [-0.2, 0) is 77.9 Å². The number of nitrogens with one attached hydrogen (secondary N) is 1. The summed E-state index contributed by atoms with van der Waals surface area (Å²) in [6.07, 6.45) is -11.2. The zero-order valence-corrected chi connectivity index (χ0v) is 29.6. The van der Waals surface area contributed by atoms with Crippen LogP contribution in [0.1, 0.15) is 40.2 Å². The minimum atomic E-state index is -1.42. The van der Waals surface area contributed by atoms with E-state index in [1.807, 2.05) is 42.5 Å². The SMILES string of the molecule is COC[C@H]1O[C@@H](O[C@@H]2[C@@H](OC(C)=O)[C@H](OCc3ccc4ccccc4c3)O[C@H](COC(C)=O)[C@H]2OC(C)=O)[C@H](NC(C)=O)[C@@H](OC)[C@@H]1OC(C)=O. The van der Waals surface area contributed by atoms with Crippen molar-refractivity contribution in [1.29, 1.82) is 0 Å². The summed E-state index contributed by atoms with van der Waals surface area (Å²) in [6.45, 7) is 5.47. The van der Waals surface area contributed by atoms with Crippen LogP contribution in [0.4, 0.5) is 0 Å². The molecule has 51 heavy (non-hydrogen) atoms. The molecule has 0 aliphatic carbocycles. The highest BCUT2D eigenvalue weighted by molar-refractivity contribution is 5.83. The molecule has 16 nitrogen and oxygen atoms in total. The van der Waals surface area contributed by atoms with Crippen molar-refractivity contribution in [3.05, 3.63) is 48.0 Å². The lowest BCUT2D eigenvalue weighted by atomic mass is 9.94. The summed E-state index contributed by atoms with van der Waals surface area (Å²) in [4.78, 5) is 61.6. The van der Waals surface area contributed by atoms with Gasteiger partial charge in [-0.3, -0.25) is 24.0 Å². The van der Waals surface area contributed by atoms with E-state index < -0.39 is 97.7 Å². The van der Waals surface area contributed by atoms with Crippen LogP contribution in [0.5, 0.6) is 0 Å². The Kier molecular flexibility index (Phi) is 14.2. The maximum atomic E-state index is 12.6. The molecule has 2 aliphatic heterocycles. The number of hydrogen-bond acceptors (Lipinski definition) is 15. The molecule has 4 rings (SSSR count). The molecule has 0 saturated carbocycles. The number of fused-ring (bicyclic) bond motifs is 1. The predicted molar refractivity (Wildman–Crippen MR) is 175 cm³/mol. The second-order valence-electron chi connectivity index (χ2n) is 12.1. The van der Waals surface area contributed by atoms with E-state index >= 15 is 0 Å². The highest BCUT2D eigenvalue weighted by Gasteiger charge is 2.56. The highest BCUT2D eigenvalue weighted by Crippen LogP contribution is 2.35. The second-order valence-corrected chi connectivity index (χ2v) is 12.1. The van der Waals surface area contributed by atoms with Crippen LogP contribution >= 0.6 is 0 Å². The topological polar surface area (TPSA) is 190 Å². The number of carbonyl (C=O) groups excluding carboxylic acids is 5. The molecular weight excluding hydrogens is 674 g/mol. The number of ether oxygens (including phenoxy) is 10. The van der Waals surface area contributed by atoms with Crippen LogP contribution in [0.15, 0.2) is 42.5 Å². The second kappa shape index (κ2) is 18.3. The first-order chi connectivity index (χ1) is 24.3. The molecule has 0 radical (unpaired) electrons. The molecule has 0 bridgehead atoms. The molecule has 16 heteroatoms. The van der Waals surface area contributed by atoms with Gasteiger partial charge in [0.2, 0.25) is 5.91 Å². The Bertz CT molecular complexity index is 1530. The monoisotopic (exact) mass is 719 g/mol. The van der Waals surface area contributed by atoms with Gasteiger partial charge in [-0.2, -0.15) is 0 Å². The third-order valence-electron chi connectivity index (χ3n) is 8.09. The van der Waals surface area contributed by atoms with Gasteiger partial charge >= 0.3 is 23.9 Å². The molecule has 280 valence electrons. The number of methoxy groups -OCH3 is 2. The number of hydrogen-bond donors (Lipinski definition) is 1. The van der Waals surface area contributed by atoms with Gasteiger partial charge in [0.15, 0.2) is 30.9 Å². The van der Waals surface area contributed by atoms with Gasteiger partial charge in [0.25, 0.3) is 0 Å². The molecule has 2 aromatic rings. The first-order valence-corrected chi connectivity index (χ1v) is 16.3. The summed E-state index contributed by atoms with van der Waals surface area (Å²) in [5.74, 6) is -3.29. The van der Waals surface area contributed by atoms with Gasteiger partial charge in [0.1, 0.15) is 37.1 Å². The van der Waals surface area contributed by atoms with Crippen molar-refractivity contribution in [2.45, 2.75) is 103 Å². The van der Waals surface area contributed by atoms with Crippen molar-refractivity contribution in [2.24, 2.45) is 0 Å². The number of esters is 4. The average molecular weight is 720 g/mol. The van der Waals surface area contributed by atoms with Crippen LogP contribution < -0.4 is 5.32 Å². The van der Waals surface area contributed by atoms with Crippen LogP contribution in [0.25, 0.3) is 10.8 Å². The Morgan fingerprint density at radius 2 is 1.25 bits per heavy atom. The Morgan fingerprint density at radius 1 is 0.667 bits per heavy atom. The summed E-state index contributed by atoms with van der Waals surface area (Å²) in [5, 5.41) is 4.71. The molecule has 0 aromatic heterocycles. The van der Waals surface area contributed by atoms with Gasteiger partial charge in [-0.25, -0.2) is 0 Å². The van der Waals surface area contributed by atoms with E-state index in [0.717, 1.165) is 23.3 Å². The van der Waals surface area contributed by atoms with Gasteiger partial charge in [0, 0.05) is 48.8 Å². The highest BCUT2D eigenvalue weighted by atomic mass is 16.8. The van der Waals surface area contributed by atoms with Gasteiger partial charge in [0.05, 0.1) is 13.2 Å². The zero-order valence-electron chi connectivity index (χ0n) is 29.6. The summed E-state index contributed by atoms with van der Waals surface area (Å²) < 4.78 is 58.5. The Balaban J connectivity index is 1.76. The summed E-state index contributed by atoms with van der Waals surface area (Å²) >= 11 is 0. The summed E-state index contributed by atoms with van der Waals surface area (Å²) in [7, 11) is 2.76. The summed E-state index contributed by atoms with van der Waals surface area (Å²) in [5.41, 5.74) is 0.762. The molecule has 2 heterocycles. The van der Waals surface area contributed by atoms with Gasteiger partial charge < -0.3 is 52.7 Å². The lowest BCUT2D eigenvalue weighted by Gasteiger charge is -2.49. The van der Waals surface area contributed by atoms with Gasteiger partial charge in [-0.1, -0.05) is 36.4 Å². The Hall–Kier alpha value is -4.19. The third-order valence-corrected chi connectivity index (χ3v) is 8.09. The molecule has 2 fully saturated rings. The van der Waals surface area contributed by atoms with Crippen LogP contribution in [0, 0.1) is 0 Å². The van der Waals surface area contributed by atoms with E-state index in [4.69, 9.17) is 47.4 Å². The van der Waals surface area contributed by atoms with Crippen molar-refractivity contribution in [3.63, 3.8) is 0 Å². The molecular formula is C35H45NO15. The number of benzene rings is 2. The number of rotatable bonds is 14. The number of amides is 1. The van der Waals surface area contributed by atoms with Crippen molar-refractivity contribution < 1.29 is 71.3 Å². The van der Waals surface area contributed by atoms with Gasteiger partial charge in [-0.15, -0.1) is 0 Å². The average Bonchev–Trinajstić information content (AvgIpc) is 3.06. The molecule has 2 saturated heterocycles. The molecule has 0 spiro atoms. The lowest BCUT2D eigenvalue weighted by Crippen LogP contribution is -2.69. The lowest BCUT2D eigenvalue weighted by molar-refractivity contribution is -0.351. The van der Waals surface area contributed by atoms with E-state index in [-0.39, 0.29) is 13.2 Å². The van der Waals surface area contributed by atoms with Crippen molar-refractivity contribution in [3.8, 4) is 0 Å². The minimum Gasteiger partial charge on any atom is -0.463 e. The first kappa shape index (κ1) is 39.6. The third kappa shape index (κ3) is 10.7. The fourth-order valence-electron chi connectivity index (χ4n) is 6.13. The molecule has 10 atom stereocenters. The fourth-order valence-corrected chi connectivity index (χ4v) is 6.13.